The van der Waals surface area contributed by atoms with Gasteiger partial charge < -0.3 is 20.9 Å². The number of sulfone groups is 1. The molecule has 3 heterocycles. The van der Waals surface area contributed by atoms with Crippen molar-refractivity contribution < 1.29 is 36.0 Å². The zero-order valence-electron chi connectivity index (χ0n) is 21.1. The molecule has 3 saturated heterocycles. The van der Waals surface area contributed by atoms with Crippen LogP contribution < -0.4 is 16.0 Å². The van der Waals surface area contributed by atoms with Crippen LogP contribution in [0.15, 0.2) is 35.5 Å². The summed E-state index contributed by atoms with van der Waals surface area (Å²) in [7, 11) is -4.25. The average molecular weight is 591 g/mol. The maximum absolute atomic E-state index is 15.0. The number of hydrogen-bond donors (Lipinski definition) is 3. The monoisotopic (exact) mass is 590 g/mol. The molecule has 0 unspecified atom stereocenters. The van der Waals surface area contributed by atoms with Gasteiger partial charge in [-0.1, -0.05) is 17.7 Å². The fourth-order valence-electron chi connectivity index (χ4n) is 5.63. The lowest BCUT2D eigenvalue weighted by Gasteiger charge is -2.53. The van der Waals surface area contributed by atoms with Gasteiger partial charge in [0.15, 0.2) is 0 Å². The van der Waals surface area contributed by atoms with E-state index >= 15 is 0 Å². The Morgan fingerprint density at radius 3 is 2.64 bits per heavy atom. The fraction of sp³-hybridized carbons (Fsp3) is 0.560. The maximum Gasteiger partial charge on any atom is 0.255 e. The second-order valence-corrected chi connectivity index (χ2v) is 12.7. The number of hydrogen-bond acceptors (Lipinski definition) is 6. The zero-order chi connectivity index (χ0) is 28.5. The summed E-state index contributed by atoms with van der Waals surface area (Å²) in [4.78, 5) is 40.1. The molecule has 5 rings (SSSR count). The summed E-state index contributed by atoms with van der Waals surface area (Å²) in [5, 5.41) is 6.88. The van der Waals surface area contributed by atoms with E-state index in [1.165, 1.54) is 0 Å². The molecule has 3 amide bonds. The second kappa shape index (κ2) is 11.4. The lowest BCUT2D eigenvalue weighted by Crippen LogP contribution is -2.69. The summed E-state index contributed by atoms with van der Waals surface area (Å²) in [5.74, 6) is -7.20. The Balaban J connectivity index is 1.58. The summed E-state index contributed by atoms with van der Waals surface area (Å²) in [6, 6.07) is 2.84. The highest BCUT2D eigenvalue weighted by Crippen LogP contribution is 2.49. The number of halogens is 4. The Bertz CT molecular complexity index is 1280. The van der Waals surface area contributed by atoms with E-state index in [-0.39, 0.29) is 25.3 Å². The normalized spacial score (nSPS) is 27.2. The molecule has 3 N–H and O–H groups in total. The third-order valence-corrected chi connectivity index (χ3v) is 8.56. The van der Waals surface area contributed by atoms with Gasteiger partial charge in [-0.15, -0.1) is 0 Å². The molecule has 2 bridgehead atoms. The maximum atomic E-state index is 15.0. The SMILES string of the molecule is CS(=O)(=O)/C(F)=C\[C@@H](C[C@H]1CCNC1=O)NC(=O)[C@H]1[C@H]2CC[C@H](CC2(F)F)N1C(=O)CNc1cccc(Cl)c1. The average Bonchev–Trinajstić information content (AvgIpc) is 3.25. The molecule has 1 aromatic carbocycles. The Morgan fingerprint density at radius 2 is 2.03 bits per heavy atom. The standard InChI is InChI=1S/C25H30ClF3N4O5S/c1-39(37,38)20(27)11-17(9-14-7-8-30-23(14)35)32-24(36)22-19-6-5-18(12-25(19,28)29)33(22)21(34)13-31-16-4-2-3-15(26)10-16/h2-4,10-11,14,17-19,22,31H,5-9,12-13H2,1H3,(H,30,35)(H,32,36)/b20-11-/t14-,17-,18-,19-,22-/m1/s1. The van der Waals surface area contributed by atoms with Crippen molar-refractivity contribution in [2.45, 2.75) is 56.2 Å². The van der Waals surface area contributed by atoms with Crippen LogP contribution in [-0.2, 0) is 24.2 Å². The van der Waals surface area contributed by atoms with Crippen LogP contribution in [0.3, 0.4) is 0 Å². The van der Waals surface area contributed by atoms with E-state index in [9.17, 15) is 36.0 Å². The fourth-order valence-corrected chi connectivity index (χ4v) is 6.23. The first-order chi connectivity index (χ1) is 18.3. The van der Waals surface area contributed by atoms with Crippen LogP contribution in [-0.4, -0.2) is 74.4 Å². The van der Waals surface area contributed by atoms with Crippen molar-refractivity contribution in [1.29, 1.82) is 0 Å². The van der Waals surface area contributed by atoms with Crippen LogP contribution in [0.25, 0.3) is 0 Å². The number of nitrogens with zero attached hydrogens (tertiary/aromatic N) is 1. The van der Waals surface area contributed by atoms with Crippen molar-refractivity contribution >= 4 is 44.8 Å². The Kier molecular flexibility index (Phi) is 8.50. The van der Waals surface area contributed by atoms with Gasteiger partial charge in [-0.3, -0.25) is 14.4 Å². The molecule has 214 valence electrons. The molecule has 14 heteroatoms. The molecular weight excluding hydrogens is 561 g/mol. The molecule has 0 radical (unpaired) electrons. The topological polar surface area (TPSA) is 125 Å². The number of amides is 3. The first-order valence-electron chi connectivity index (χ1n) is 12.6. The number of nitrogens with one attached hydrogen (secondary N) is 3. The van der Waals surface area contributed by atoms with E-state index < -0.39 is 69.1 Å². The smallest absolute Gasteiger partial charge is 0.255 e. The summed E-state index contributed by atoms with van der Waals surface area (Å²) < 4.78 is 67.7. The molecule has 0 spiro atoms. The molecule has 9 nitrogen and oxygen atoms in total. The number of rotatable bonds is 9. The van der Waals surface area contributed by atoms with Gasteiger partial charge in [0.25, 0.3) is 5.92 Å². The van der Waals surface area contributed by atoms with Crippen molar-refractivity contribution in [3.05, 3.63) is 40.5 Å². The lowest BCUT2D eigenvalue weighted by atomic mass is 9.71. The Hall–Kier alpha value is -2.80. The predicted octanol–water partition coefficient (Wildman–Crippen LogP) is 2.63. The quantitative estimate of drug-likeness (QED) is 0.406. The lowest BCUT2D eigenvalue weighted by molar-refractivity contribution is -0.193. The number of alkyl halides is 2. The molecule has 5 atom stereocenters. The van der Waals surface area contributed by atoms with E-state index in [1.54, 1.807) is 24.3 Å². The molecule has 4 aliphatic rings. The number of carbonyl (C=O) groups is 3. The van der Waals surface area contributed by atoms with Crippen LogP contribution in [0.2, 0.25) is 5.02 Å². The van der Waals surface area contributed by atoms with Crippen LogP contribution in [0.4, 0.5) is 18.9 Å². The molecule has 0 aromatic heterocycles. The minimum atomic E-state index is -4.25. The van der Waals surface area contributed by atoms with E-state index in [2.05, 4.69) is 16.0 Å². The van der Waals surface area contributed by atoms with Crippen molar-refractivity contribution in [2.75, 3.05) is 24.7 Å². The minimum Gasteiger partial charge on any atom is -0.376 e. The molecule has 1 saturated carbocycles. The summed E-state index contributed by atoms with van der Waals surface area (Å²) in [5.41, 5.74) is 0.528. The van der Waals surface area contributed by atoms with Gasteiger partial charge in [-0.05, 0) is 50.0 Å². The number of piperidine rings is 2. The molecule has 4 fully saturated rings. The van der Waals surface area contributed by atoms with Gasteiger partial charge in [-0.2, -0.15) is 4.39 Å². The van der Waals surface area contributed by atoms with Gasteiger partial charge >= 0.3 is 0 Å². The third kappa shape index (κ3) is 6.68. The summed E-state index contributed by atoms with van der Waals surface area (Å²) in [6.45, 7) is 0.0795. The van der Waals surface area contributed by atoms with Gasteiger partial charge in [0.05, 0.1) is 18.5 Å². The highest BCUT2D eigenvalue weighted by molar-refractivity contribution is 7.94. The van der Waals surface area contributed by atoms with Crippen LogP contribution in [0, 0.1) is 11.8 Å². The van der Waals surface area contributed by atoms with E-state index in [0.29, 0.717) is 42.4 Å². The first-order valence-corrected chi connectivity index (χ1v) is 14.9. The van der Waals surface area contributed by atoms with E-state index in [1.807, 2.05) is 0 Å². The van der Waals surface area contributed by atoms with Crippen LogP contribution in [0.5, 0.6) is 0 Å². The van der Waals surface area contributed by atoms with Gasteiger partial charge in [0.1, 0.15) is 6.04 Å². The van der Waals surface area contributed by atoms with Crippen molar-refractivity contribution in [3.63, 3.8) is 0 Å². The molecular formula is C25H30ClF3N4O5S. The Labute approximate surface area is 229 Å². The van der Waals surface area contributed by atoms with Crippen LogP contribution >= 0.6 is 11.6 Å². The highest BCUT2D eigenvalue weighted by atomic mass is 35.5. The Morgan fingerprint density at radius 1 is 1.28 bits per heavy atom. The minimum absolute atomic E-state index is 0.00446. The van der Waals surface area contributed by atoms with Crippen molar-refractivity contribution in [1.82, 2.24) is 15.5 Å². The first kappa shape index (κ1) is 29.2. The van der Waals surface area contributed by atoms with E-state index in [0.717, 1.165) is 4.90 Å². The molecule has 39 heavy (non-hydrogen) atoms. The van der Waals surface area contributed by atoms with Crippen LogP contribution in [0.1, 0.15) is 32.1 Å². The van der Waals surface area contributed by atoms with Crippen molar-refractivity contribution in [3.8, 4) is 0 Å². The molecule has 1 aliphatic carbocycles. The van der Waals surface area contributed by atoms with E-state index in [4.69, 9.17) is 11.6 Å². The second-order valence-electron chi connectivity index (χ2n) is 10.3. The molecule has 1 aromatic rings. The third-order valence-electron chi connectivity index (χ3n) is 7.48. The number of benzene rings is 1. The predicted molar refractivity (Wildman–Crippen MR) is 138 cm³/mol. The largest absolute Gasteiger partial charge is 0.376 e. The number of carbonyl (C=O) groups excluding carboxylic acids is 3. The summed E-state index contributed by atoms with van der Waals surface area (Å²) >= 11 is 5.97. The van der Waals surface area contributed by atoms with Gasteiger partial charge in [-0.25, -0.2) is 17.2 Å². The van der Waals surface area contributed by atoms with Gasteiger partial charge in [0, 0.05) is 41.9 Å². The number of anilines is 1. The molecule has 3 aliphatic heterocycles. The number of fused-ring (bicyclic) bond motifs is 3. The zero-order valence-corrected chi connectivity index (χ0v) is 22.7. The summed E-state index contributed by atoms with van der Waals surface area (Å²) in [6.07, 6.45) is 1.27. The van der Waals surface area contributed by atoms with Gasteiger partial charge in [0.2, 0.25) is 32.7 Å². The highest BCUT2D eigenvalue weighted by Gasteiger charge is 2.60. The van der Waals surface area contributed by atoms with Crippen molar-refractivity contribution in [2.24, 2.45) is 11.8 Å².